The van der Waals surface area contributed by atoms with E-state index in [-0.39, 0.29) is 11.7 Å². The molecule has 0 unspecified atom stereocenters. The summed E-state index contributed by atoms with van der Waals surface area (Å²) in [6.07, 6.45) is 0.393. The van der Waals surface area contributed by atoms with Gasteiger partial charge in [-0.25, -0.2) is 0 Å². The van der Waals surface area contributed by atoms with Crippen LogP contribution in [0.15, 0.2) is 115 Å². The maximum absolute atomic E-state index is 13.7. The van der Waals surface area contributed by atoms with Gasteiger partial charge in [0.1, 0.15) is 29.3 Å². The smallest absolute Gasteiger partial charge is 0.221 e. The summed E-state index contributed by atoms with van der Waals surface area (Å²) in [5, 5.41) is 6.30. The molecule has 0 aromatic heterocycles. The van der Waals surface area contributed by atoms with Crippen molar-refractivity contribution in [3.8, 4) is 0 Å². The van der Waals surface area contributed by atoms with Crippen LogP contribution in [0.3, 0.4) is 0 Å². The lowest BCUT2D eigenvalue weighted by Crippen LogP contribution is -2.35. The third-order valence-electron chi connectivity index (χ3n) is 5.50. The Hall–Kier alpha value is -3.55. The monoisotopic (exact) mass is 438 g/mol. The van der Waals surface area contributed by atoms with Crippen LogP contribution >= 0.6 is 7.26 Å². The minimum atomic E-state index is -2.23. The average Bonchev–Trinajstić information content (AvgIpc) is 2.84. The molecule has 0 aliphatic rings. The normalized spacial score (nSPS) is 11.0. The van der Waals surface area contributed by atoms with E-state index >= 15 is 0 Å². The lowest BCUT2D eigenvalue weighted by Gasteiger charge is -2.27. The van der Waals surface area contributed by atoms with E-state index in [4.69, 9.17) is 0 Å². The van der Waals surface area contributed by atoms with Gasteiger partial charge in [-0.2, -0.15) is 0 Å². The molecule has 32 heavy (non-hydrogen) atoms. The maximum Gasteiger partial charge on any atom is 0.221 e. The van der Waals surface area contributed by atoms with Crippen LogP contribution in [0.25, 0.3) is 0 Å². The molecule has 4 aromatic rings. The summed E-state index contributed by atoms with van der Waals surface area (Å²) >= 11 is 0. The Morgan fingerprint density at radius 2 is 1.03 bits per heavy atom. The van der Waals surface area contributed by atoms with E-state index in [9.17, 15) is 9.59 Å². The minimum absolute atomic E-state index is 0.0873. The second-order valence-electron chi connectivity index (χ2n) is 7.66. The molecule has 1 N–H and O–H groups in total. The van der Waals surface area contributed by atoms with Crippen molar-refractivity contribution in [3.05, 3.63) is 121 Å². The molecule has 158 valence electrons. The van der Waals surface area contributed by atoms with Crippen molar-refractivity contribution in [3.63, 3.8) is 0 Å². The fourth-order valence-electron chi connectivity index (χ4n) is 4.02. The summed E-state index contributed by atoms with van der Waals surface area (Å²) in [4.78, 5) is 25.0. The molecule has 0 spiro atoms. The van der Waals surface area contributed by atoms with Crippen molar-refractivity contribution in [1.82, 2.24) is 0 Å². The number of nitrogens with one attached hydrogen (secondary N) is 1. The van der Waals surface area contributed by atoms with Crippen LogP contribution in [0.5, 0.6) is 0 Å². The Morgan fingerprint density at radius 1 is 0.625 bits per heavy atom. The highest BCUT2D eigenvalue weighted by molar-refractivity contribution is 7.96. The molecule has 0 radical (unpaired) electrons. The van der Waals surface area contributed by atoms with Gasteiger partial charge in [0.2, 0.25) is 11.7 Å². The first-order valence-electron chi connectivity index (χ1n) is 10.6. The Bertz CT molecular complexity index is 1090. The molecule has 0 saturated heterocycles. The molecule has 0 atom stereocenters. The van der Waals surface area contributed by atoms with Gasteiger partial charge in [0.05, 0.1) is 0 Å². The molecular weight excluding hydrogens is 413 g/mol. The fourth-order valence-corrected chi connectivity index (χ4v) is 8.12. The van der Waals surface area contributed by atoms with Crippen molar-refractivity contribution in [1.29, 1.82) is 0 Å². The Kier molecular flexibility index (Phi) is 6.58. The topological polar surface area (TPSA) is 46.2 Å². The van der Waals surface area contributed by atoms with Crippen molar-refractivity contribution in [2.75, 3.05) is 11.5 Å². The molecular formula is C28H25NO2P+. The second kappa shape index (κ2) is 9.72. The zero-order valence-electron chi connectivity index (χ0n) is 17.9. The van der Waals surface area contributed by atoms with Crippen LogP contribution < -0.4 is 21.2 Å². The summed E-state index contributed by atoms with van der Waals surface area (Å²) in [5.41, 5.74) is 1.33. The fraction of sp³-hybridized carbons (Fsp3) is 0.0714. The van der Waals surface area contributed by atoms with E-state index < -0.39 is 7.26 Å². The molecule has 0 aliphatic carbocycles. The molecule has 4 rings (SSSR count). The number of Topliss-reactive ketones (excluding diaryl/α,β-unsaturated/α-hetero) is 1. The number of anilines is 1. The summed E-state index contributed by atoms with van der Waals surface area (Å²) < 4.78 is 0. The molecule has 0 aliphatic heterocycles. The van der Waals surface area contributed by atoms with E-state index in [1.807, 2.05) is 54.6 Å². The van der Waals surface area contributed by atoms with Crippen molar-refractivity contribution in [2.45, 2.75) is 6.92 Å². The number of hydrogen-bond donors (Lipinski definition) is 1. The lowest BCUT2D eigenvalue weighted by molar-refractivity contribution is -0.114. The summed E-state index contributed by atoms with van der Waals surface area (Å²) in [6.45, 7) is 1.47. The van der Waals surface area contributed by atoms with Gasteiger partial charge < -0.3 is 5.32 Å². The van der Waals surface area contributed by atoms with E-state index in [1.54, 1.807) is 24.3 Å². The number of carbonyl (C=O) groups excluding carboxylic acids is 2. The summed E-state index contributed by atoms with van der Waals surface area (Å²) in [5.74, 6) is -0.0458. The number of carbonyl (C=O) groups is 2. The van der Waals surface area contributed by atoms with E-state index in [2.05, 4.69) is 41.7 Å². The summed E-state index contributed by atoms with van der Waals surface area (Å²) in [7, 11) is -2.23. The van der Waals surface area contributed by atoms with Crippen molar-refractivity contribution >= 4 is 40.6 Å². The van der Waals surface area contributed by atoms with Crippen molar-refractivity contribution < 1.29 is 9.59 Å². The zero-order valence-corrected chi connectivity index (χ0v) is 18.8. The van der Waals surface area contributed by atoms with Crippen LogP contribution in [-0.2, 0) is 4.79 Å². The zero-order chi connectivity index (χ0) is 22.4. The van der Waals surface area contributed by atoms with Gasteiger partial charge in [-0.3, -0.25) is 9.59 Å². The average molecular weight is 438 g/mol. The van der Waals surface area contributed by atoms with Gasteiger partial charge in [0, 0.05) is 18.2 Å². The Balaban J connectivity index is 1.82. The molecule has 0 fully saturated rings. The molecule has 0 heterocycles. The quantitative estimate of drug-likeness (QED) is 0.332. The van der Waals surface area contributed by atoms with E-state index in [1.165, 1.54) is 22.8 Å². The van der Waals surface area contributed by atoms with Crippen molar-refractivity contribution in [2.24, 2.45) is 0 Å². The second-order valence-corrected chi connectivity index (χ2v) is 11.1. The maximum atomic E-state index is 13.7. The third-order valence-corrected chi connectivity index (χ3v) is 9.80. The Labute approximate surface area is 189 Å². The lowest BCUT2D eigenvalue weighted by atomic mass is 10.1. The molecule has 0 saturated carbocycles. The van der Waals surface area contributed by atoms with Crippen LogP contribution in [0, 0.1) is 0 Å². The van der Waals surface area contributed by atoms with Crippen LogP contribution in [-0.4, -0.2) is 17.9 Å². The third kappa shape index (κ3) is 4.54. The predicted octanol–water partition coefficient (Wildman–Crippen LogP) is 4.82. The van der Waals surface area contributed by atoms with Gasteiger partial charge in [-0.15, -0.1) is 0 Å². The Morgan fingerprint density at radius 3 is 1.41 bits per heavy atom. The largest absolute Gasteiger partial charge is 0.326 e. The first-order chi connectivity index (χ1) is 15.6. The van der Waals surface area contributed by atoms with Gasteiger partial charge in [0.25, 0.3) is 0 Å². The number of hydrogen-bond acceptors (Lipinski definition) is 2. The highest BCUT2D eigenvalue weighted by atomic mass is 31.2. The molecule has 3 nitrogen and oxygen atoms in total. The molecule has 4 aromatic carbocycles. The van der Waals surface area contributed by atoms with Gasteiger partial charge in [-0.05, 0) is 60.7 Å². The minimum Gasteiger partial charge on any atom is -0.326 e. The molecule has 1 amide bonds. The number of rotatable bonds is 7. The number of ketones is 1. The van der Waals surface area contributed by atoms with Gasteiger partial charge in [0.15, 0.2) is 0 Å². The van der Waals surface area contributed by atoms with E-state index in [0.29, 0.717) is 17.4 Å². The van der Waals surface area contributed by atoms with Crippen LogP contribution in [0.1, 0.15) is 17.3 Å². The number of amides is 1. The summed E-state index contributed by atoms with van der Waals surface area (Å²) in [6, 6.07) is 38.3. The first kappa shape index (κ1) is 21.7. The first-order valence-corrected chi connectivity index (χ1v) is 12.5. The van der Waals surface area contributed by atoms with Crippen LogP contribution in [0.2, 0.25) is 0 Å². The number of benzene rings is 4. The van der Waals surface area contributed by atoms with Gasteiger partial charge in [-0.1, -0.05) is 54.6 Å². The van der Waals surface area contributed by atoms with Gasteiger partial charge >= 0.3 is 0 Å². The predicted molar refractivity (Wildman–Crippen MR) is 135 cm³/mol. The van der Waals surface area contributed by atoms with Crippen LogP contribution in [0.4, 0.5) is 5.69 Å². The highest BCUT2D eigenvalue weighted by Gasteiger charge is 2.47. The highest BCUT2D eigenvalue weighted by Crippen LogP contribution is 2.55. The SMILES string of the molecule is CC(=O)Nc1ccc(C(=O)C[P+](c2ccccc2)(c2ccccc2)c2ccccc2)cc1. The molecule has 0 bridgehead atoms. The molecule has 4 heteroatoms. The van der Waals surface area contributed by atoms with E-state index in [0.717, 1.165) is 0 Å². The standard InChI is InChI=1S/C28H24NO2P/c1-22(30)29-24-19-17-23(18-20-24)28(31)21-32(25-11-5-2-6-12-25,26-13-7-3-8-14-26)27-15-9-4-10-16-27/h2-20H,21H2,1H3/p+1.